The predicted octanol–water partition coefficient (Wildman–Crippen LogP) is 1.69. The van der Waals surface area contributed by atoms with Crippen molar-refractivity contribution in [1.29, 1.82) is 0 Å². The fourth-order valence-electron chi connectivity index (χ4n) is 4.73. The first-order valence-electron chi connectivity index (χ1n) is 8.94. The topological polar surface area (TPSA) is 96.9 Å². The summed E-state index contributed by atoms with van der Waals surface area (Å²) in [6.45, 7) is 4.00. The Morgan fingerprint density at radius 2 is 1.92 bits per heavy atom. The molecule has 4 heterocycles. The summed E-state index contributed by atoms with van der Waals surface area (Å²) in [5, 5.41) is 6.96. The van der Waals surface area contributed by atoms with Gasteiger partial charge in [-0.3, -0.25) is 4.90 Å². The molecule has 2 saturated heterocycles. The molecule has 2 unspecified atom stereocenters. The normalized spacial score (nSPS) is 36.5. The number of anilines is 3. The zero-order valence-electron chi connectivity index (χ0n) is 14.3. The minimum Gasteiger partial charge on any atom is -0.416 e. The number of ether oxygens (including phenoxy) is 1. The standard InChI is InChI=1S/C18H19N5O3/c1-9-18(14-8-25-21-16(14)20-18)26-17(24)23(9)11-4-2-10(3-5-11)22-6-12-13(7-22)15(12)19/h2-5,8-9,12-13,15H,6-7,19H2,1H3,(H,20,21)/t9?,12-,13+,15?,18-/m1/s1. The third kappa shape index (κ3) is 1.63. The van der Waals surface area contributed by atoms with Crippen molar-refractivity contribution in [1.82, 2.24) is 5.16 Å². The predicted molar refractivity (Wildman–Crippen MR) is 93.8 cm³/mol. The summed E-state index contributed by atoms with van der Waals surface area (Å²) in [6, 6.07) is 8.25. The highest BCUT2D eigenvalue weighted by Crippen LogP contribution is 2.50. The second kappa shape index (κ2) is 4.50. The molecule has 3 fully saturated rings. The van der Waals surface area contributed by atoms with Crippen molar-refractivity contribution in [2.75, 3.05) is 28.2 Å². The molecule has 0 radical (unpaired) electrons. The second-order valence-electron chi connectivity index (χ2n) is 7.68. The Morgan fingerprint density at radius 3 is 2.62 bits per heavy atom. The number of carbonyl (C=O) groups excluding carboxylic acids is 1. The van der Waals surface area contributed by atoms with E-state index in [0.717, 1.165) is 24.3 Å². The van der Waals surface area contributed by atoms with E-state index in [1.165, 1.54) is 12.0 Å². The zero-order chi connectivity index (χ0) is 17.6. The van der Waals surface area contributed by atoms with Crippen LogP contribution in [0.1, 0.15) is 12.5 Å². The van der Waals surface area contributed by atoms with E-state index in [1.807, 2.05) is 19.1 Å². The van der Waals surface area contributed by atoms with Gasteiger partial charge in [0, 0.05) is 30.5 Å². The number of amides is 1. The Labute approximate surface area is 149 Å². The van der Waals surface area contributed by atoms with Gasteiger partial charge in [-0.2, -0.15) is 0 Å². The summed E-state index contributed by atoms with van der Waals surface area (Å²) in [5.41, 5.74) is 7.91. The molecule has 2 aromatic rings. The molecule has 134 valence electrons. The molecule has 1 spiro atoms. The molecule has 1 amide bonds. The van der Waals surface area contributed by atoms with Gasteiger partial charge in [0.1, 0.15) is 17.9 Å². The lowest BCUT2D eigenvalue weighted by atomic mass is 9.91. The van der Waals surface area contributed by atoms with Crippen molar-refractivity contribution in [3.05, 3.63) is 36.1 Å². The molecular weight excluding hydrogens is 334 g/mol. The highest BCUT2D eigenvalue weighted by Gasteiger charge is 2.61. The fourth-order valence-corrected chi connectivity index (χ4v) is 4.73. The summed E-state index contributed by atoms with van der Waals surface area (Å²) in [5.74, 6) is 1.92. The SMILES string of the molecule is CC1N(c2ccc(N3C[C@@H]4C(N)[C@@H]4C3)cc2)C(=O)O[C@]12Nc1nocc12. The number of hydrogen-bond donors (Lipinski definition) is 2. The van der Waals surface area contributed by atoms with Crippen LogP contribution >= 0.6 is 0 Å². The van der Waals surface area contributed by atoms with Gasteiger partial charge >= 0.3 is 6.09 Å². The molecule has 1 aromatic heterocycles. The first-order valence-corrected chi connectivity index (χ1v) is 8.94. The number of nitrogens with one attached hydrogen (secondary N) is 1. The first kappa shape index (κ1) is 14.4. The molecular formula is C18H19N5O3. The number of nitrogens with two attached hydrogens (primary N) is 1. The van der Waals surface area contributed by atoms with E-state index in [0.29, 0.717) is 23.7 Å². The van der Waals surface area contributed by atoms with Gasteiger partial charge in [-0.15, -0.1) is 0 Å². The number of rotatable bonds is 2. The minimum atomic E-state index is -0.878. The number of nitrogens with zero attached hydrogens (tertiary/aromatic N) is 3. The maximum absolute atomic E-state index is 12.5. The maximum Gasteiger partial charge on any atom is 0.417 e. The van der Waals surface area contributed by atoms with Crippen molar-refractivity contribution < 1.29 is 14.1 Å². The van der Waals surface area contributed by atoms with Gasteiger partial charge in [0.2, 0.25) is 5.72 Å². The van der Waals surface area contributed by atoms with E-state index in [-0.39, 0.29) is 12.1 Å². The van der Waals surface area contributed by atoms with Crippen molar-refractivity contribution >= 4 is 23.3 Å². The third-order valence-electron chi connectivity index (χ3n) is 6.45. The molecule has 0 bridgehead atoms. The highest BCUT2D eigenvalue weighted by atomic mass is 16.6. The fraction of sp³-hybridized carbons (Fsp3) is 0.444. The summed E-state index contributed by atoms with van der Waals surface area (Å²) >= 11 is 0. The third-order valence-corrected chi connectivity index (χ3v) is 6.45. The molecule has 1 saturated carbocycles. The Morgan fingerprint density at radius 1 is 1.23 bits per heavy atom. The molecule has 8 heteroatoms. The quantitative estimate of drug-likeness (QED) is 0.848. The number of fused-ring (bicyclic) bond motifs is 3. The molecule has 3 N–H and O–H groups in total. The molecule has 3 aliphatic heterocycles. The zero-order valence-corrected chi connectivity index (χ0v) is 14.3. The van der Waals surface area contributed by atoms with E-state index in [2.05, 4.69) is 27.5 Å². The van der Waals surface area contributed by atoms with Crippen LogP contribution in [0.3, 0.4) is 0 Å². The second-order valence-corrected chi connectivity index (χ2v) is 7.68. The van der Waals surface area contributed by atoms with Crippen molar-refractivity contribution in [3.63, 3.8) is 0 Å². The van der Waals surface area contributed by atoms with E-state index >= 15 is 0 Å². The van der Waals surface area contributed by atoms with Crippen molar-refractivity contribution in [2.24, 2.45) is 17.6 Å². The Bertz CT molecular complexity index is 900. The lowest BCUT2D eigenvalue weighted by Crippen LogP contribution is -2.52. The average molecular weight is 353 g/mol. The van der Waals surface area contributed by atoms with Gasteiger partial charge in [0.25, 0.3) is 0 Å². The van der Waals surface area contributed by atoms with E-state index in [1.54, 1.807) is 4.90 Å². The van der Waals surface area contributed by atoms with E-state index in [4.69, 9.17) is 15.0 Å². The van der Waals surface area contributed by atoms with Gasteiger partial charge in [0.05, 0.1) is 0 Å². The lowest BCUT2D eigenvalue weighted by Gasteiger charge is -2.39. The van der Waals surface area contributed by atoms with Crippen LogP contribution in [0.5, 0.6) is 0 Å². The van der Waals surface area contributed by atoms with Crippen molar-refractivity contribution in [2.45, 2.75) is 24.7 Å². The molecule has 4 aliphatic rings. The maximum atomic E-state index is 12.5. The summed E-state index contributed by atoms with van der Waals surface area (Å²) in [7, 11) is 0. The monoisotopic (exact) mass is 353 g/mol. The van der Waals surface area contributed by atoms with Crippen LogP contribution in [0.2, 0.25) is 0 Å². The summed E-state index contributed by atoms with van der Waals surface area (Å²) in [4.78, 5) is 16.6. The van der Waals surface area contributed by atoms with Gasteiger partial charge in [-0.05, 0) is 43.0 Å². The molecule has 8 nitrogen and oxygen atoms in total. The smallest absolute Gasteiger partial charge is 0.416 e. The van der Waals surface area contributed by atoms with Crippen LogP contribution in [-0.2, 0) is 10.5 Å². The highest BCUT2D eigenvalue weighted by molar-refractivity contribution is 5.93. The molecule has 1 aliphatic carbocycles. The van der Waals surface area contributed by atoms with Crippen LogP contribution in [0, 0.1) is 11.8 Å². The van der Waals surface area contributed by atoms with Crippen LogP contribution in [0.25, 0.3) is 0 Å². The first-order chi connectivity index (χ1) is 12.6. The van der Waals surface area contributed by atoms with Gasteiger partial charge in [-0.25, -0.2) is 4.79 Å². The van der Waals surface area contributed by atoms with E-state index in [9.17, 15) is 4.79 Å². The number of piperidine rings is 1. The molecule has 6 rings (SSSR count). The van der Waals surface area contributed by atoms with Crippen LogP contribution in [0.15, 0.2) is 35.1 Å². The minimum absolute atomic E-state index is 0.217. The van der Waals surface area contributed by atoms with Crippen LogP contribution < -0.4 is 20.9 Å². The van der Waals surface area contributed by atoms with E-state index < -0.39 is 5.72 Å². The largest absolute Gasteiger partial charge is 0.417 e. The van der Waals surface area contributed by atoms with Gasteiger partial charge < -0.3 is 25.2 Å². The summed E-state index contributed by atoms with van der Waals surface area (Å²) in [6.07, 6.45) is 1.16. The lowest BCUT2D eigenvalue weighted by molar-refractivity contribution is 0.0490. The van der Waals surface area contributed by atoms with Crippen LogP contribution in [0.4, 0.5) is 22.0 Å². The van der Waals surface area contributed by atoms with Crippen molar-refractivity contribution in [3.8, 4) is 0 Å². The average Bonchev–Trinajstić information content (AvgIpc) is 3.04. The Balaban J connectivity index is 1.25. The molecule has 1 aromatic carbocycles. The number of benzene rings is 1. The van der Waals surface area contributed by atoms with Crippen LogP contribution in [-0.4, -0.2) is 36.4 Å². The van der Waals surface area contributed by atoms with Gasteiger partial charge in [0.15, 0.2) is 5.82 Å². The Kier molecular flexibility index (Phi) is 2.50. The Hall–Kier alpha value is -2.74. The molecule has 26 heavy (non-hydrogen) atoms. The number of carbonyl (C=O) groups is 1. The van der Waals surface area contributed by atoms with Gasteiger partial charge in [-0.1, -0.05) is 5.16 Å². The number of hydrogen-bond acceptors (Lipinski definition) is 7. The molecule has 5 atom stereocenters. The number of aromatic nitrogens is 1. The summed E-state index contributed by atoms with van der Waals surface area (Å²) < 4.78 is 10.6.